The number of benzene rings is 2. The van der Waals surface area contributed by atoms with Gasteiger partial charge in [-0.1, -0.05) is 18.2 Å². The number of non-ortho nitro benzene ring substituents is 1. The number of nitrogens with zero attached hydrogens (tertiary/aromatic N) is 3. The van der Waals surface area contributed by atoms with Gasteiger partial charge < -0.3 is 4.90 Å². The highest BCUT2D eigenvalue weighted by Crippen LogP contribution is 2.19. The molecule has 0 heterocycles. The lowest BCUT2D eigenvalue weighted by Gasteiger charge is -2.21. The van der Waals surface area contributed by atoms with E-state index in [0.717, 1.165) is 0 Å². The van der Waals surface area contributed by atoms with Crippen LogP contribution in [-0.4, -0.2) is 17.4 Å². The summed E-state index contributed by atoms with van der Waals surface area (Å²) >= 11 is 0. The van der Waals surface area contributed by atoms with Crippen molar-refractivity contribution < 1.29 is 9.72 Å². The molecule has 0 aliphatic rings. The number of carbonyl (C=O) groups excluding carboxylic acids is 1. The molecule has 0 aromatic heterocycles. The first-order chi connectivity index (χ1) is 10.6. The zero-order chi connectivity index (χ0) is 15.9. The van der Waals surface area contributed by atoms with E-state index in [1.54, 1.807) is 24.3 Å². The van der Waals surface area contributed by atoms with Crippen LogP contribution in [0.2, 0.25) is 0 Å². The third-order valence-corrected chi connectivity index (χ3v) is 3.09. The highest BCUT2D eigenvalue weighted by molar-refractivity contribution is 6.06. The highest BCUT2D eigenvalue weighted by Gasteiger charge is 2.18. The Hall–Kier alpha value is -3.20. The fourth-order valence-electron chi connectivity index (χ4n) is 2.00. The number of nitro groups is 1. The van der Waals surface area contributed by atoms with Crippen LogP contribution in [0.4, 0.5) is 11.4 Å². The van der Waals surface area contributed by atoms with E-state index in [9.17, 15) is 14.9 Å². The minimum Gasteiger partial charge on any atom is -0.307 e. The van der Waals surface area contributed by atoms with Crippen molar-refractivity contribution in [3.63, 3.8) is 0 Å². The van der Waals surface area contributed by atoms with Crippen molar-refractivity contribution in [1.82, 2.24) is 0 Å². The standard InChI is InChI=1S/C16H13N3O3/c17-11-4-12-18(14-5-2-1-3-6-14)16(20)13-7-9-15(10-8-13)19(21)22/h1-3,5-10H,4,12H2. The maximum atomic E-state index is 12.6. The van der Waals surface area contributed by atoms with Crippen LogP contribution >= 0.6 is 0 Å². The minimum absolute atomic E-state index is 0.0696. The van der Waals surface area contributed by atoms with Crippen molar-refractivity contribution in [2.45, 2.75) is 6.42 Å². The number of carbonyl (C=O) groups is 1. The molecule has 0 N–H and O–H groups in total. The Morgan fingerprint density at radius 3 is 2.32 bits per heavy atom. The van der Waals surface area contributed by atoms with Gasteiger partial charge in [0.1, 0.15) is 0 Å². The fraction of sp³-hybridized carbons (Fsp3) is 0.125. The number of nitriles is 1. The van der Waals surface area contributed by atoms with Crippen LogP contribution in [0, 0.1) is 21.4 Å². The van der Waals surface area contributed by atoms with Gasteiger partial charge in [-0.2, -0.15) is 5.26 Å². The SMILES string of the molecule is N#CCCN(C(=O)c1ccc([N+](=O)[O-])cc1)c1ccccc1. The summed E-state index contributed by atoms with van der Waals surface area (Å²) in [6, 6.07) is 16.4. The van der Waals surface area contributed by atoms with Crippen molar-refractivity contribution in [2.24, 2.45) is 0 Å². The number of hydrogen-bond acceptors (Lipinski definition) is 4. The van der Waals surface area contributed by atoms with Crippen LogP contribution in [0.15, 0.2) is 54.6 Å². The summed E-state index contributed by atoms with van der Waals surface area (Å²) in [6.07, 6.45) is 0.202. The van der Waals surface area contributed by atoms with E-state index in [2.05, 4.69) is 0 Å². The zero-order valence-electron chi connectivity index (χ0n) is 11.7. The lowest BCUT2D eigenvalue weighted by Crippen LogP contribution is -2.31. The molecular formula is C16H13N3O3. The Bertz CT molecular complexity index is 706. The average Bonchev–Trinajstić information content (AvgIpc) is 2.56. The third-order valence-electron chi connectivity index (χ3n) is 3.09. The predicted molar refractivity (Wildman–Crippen MR) is 81.4 cm³/mol. The Morgan fingerprint density at radius 2 is 1.77 bits per heavy atom. The van der Waals surface area contributed by atoms with E-state index < -0.39 is 4.92 Å². The first kappa shape index (κ1) is 15.2. The van der Waals surface area contributed by atoms with Gasteiger partial charge in [0, 0.05) is 29.9 Å². The summed E-state index contributed by atoms with van der Waals surface area (Å²) in [5.41, 5.74) is 0.952. The summed E-state index contributed by atoms with van der Waals surface area (Å²) in [5, 5.41) is 19.4. The van der Waals surface area contributed by atoms with Gasteiger partial charge in [-0.3, -0.25) is 14.9 Å². The first-order valence-corrected chi connectivity index (χ1v) is 6.62. The van der Waals surface area contributed by atoms with E-state index in [1.165, 1.54) is 29.2 Å². The topological polar surface area (TPSA) is 87.2 Å². The number of rotatable bonds is 5. The molecule has 2 rings (SSSR count). The molecule has 110 valence electrons. The van der Waals surface area contributed by atoms with Crippen molar-refractivity contribution in [2.75, 3.05) is 11.4 Å². The van der Waals surface area contributed by atoms with E-state index >= 15 is 0 Å². The smallest absolute Gasteiger partial charge is 0.269 e. The molecule has 0 aliphatic heterocycles. The molecule has 0 saturated carbocycles. The second-order valence-corrected chi connectivity index (χ2v) is 4.50. The molecule has 6 heteroatoms. The van der Waals surface area contributed by atoms with E-state index in [-0.39, 0.29) is 24.6 Å². The molecule has 2 aromatic rings. The second kappa shape index (κ2) is 6.99. The molecule has 0 aliphatic carbocycles. The maximum absolute atomic E-state index is 12.6. The molecular weight excluding hydrogens is 282 g/mol. The molecule has 0 spiro atoms. The monoisotopic (exact) mass is 295 g/mol. The van der Waals surface area contributed by atoms with Crippen LogP contribution in [0.3, 0.4) is 0 Å². The van der Waals surface area contributed by atoms with Crippen LogP contribution in [0.5, 0.6) is 0 Å². The molecule has 0 unspecified atom stereocenters. The van der Waals surface area contributed by atoms with Crippen LogP contribution < -0.4 is 4.90 Å². The predicted octanol–water partition coefficient (Wildman–Crippen LogP) is 3.16. The van der Waals surface area contributed by atoms with Gasteiger partial charge in [-0.15, -0.1) is 0 Å². The van der Waals surface area contributed by atoms with Crippen molar-refractivity contribution in [3.8, 4) is 6.07 Å². The lowest BCUT2D eigenvalue weighted by atomic mass is 10.1. The van der Waals surface area contributed by atoms with Gasteiger partial charge in [0.05, 0.1) is 17.4 Å². The summed E-state index contributed by atoms with van der Waals surface area (Å²) in [5.74, 6) is -0.295. The summed E-state index contributed by atoms with van der Waals surface area (Å²) in [6.45, 7) is 0.260. The Kier molecular flexibility index (Phi) is 4.83. The fourth-order valence-corrected chi connectivity index (χ4v) is 2.00. The van der Waals surface area contributed by atoms with E-state index in [1.807, 2.05) is 12.1 Å². The molecule has 0 radical (unpaired) electrons. The van der Waals surface area contributed by atoms with Gasteiger partial charge in [0.15, 0.2) is 0 Å². The number of anilines is 1. The molecule has 22 heavy (non-hydrogen) atoms. The second-order valence-electron chi connectivity index (χ2n) is 4.50. The molecule has 6 nitrogen and oxygen atoms in total. The van der Waals surface area contributed by atoms with Gasteiger partial charge in [-0.05, 0) is 24.3 Å². The third kappa shape index (κ3) is 3.46. The normalized spacial score (nSPS) is 9.77. The molecule has 2 aromatic carbocycles. The van der Waals surface area contributed by atoms with Gasteiger partial charge in [0.25, 0.3) is 11.6 Å². The van der Waals surface area contributed by atoms with Crippen LogP contribution in [-0.2, 0) is 0 Å². The number of amides is 1. The number of nitro benzene ring substituents is 1. The Labute approximate surface area is 127 Å². The van der Waals surface area contributed by atoms with Crippen molar-refractivity contribution >= 4 is 17.3 Å². The van der Waals surface area contributed by atoms with E-state index in [0.29, 0.717) is 11.3 Å². The summed E-state index contributed by atoms with van der Waals surface area (Å²) in [4.78, 5) is 24.2. The number of hydrogen-bond donors (Lipinski definition) is 0. The van der Waals surface area contributed by atoms with Crippen LogP contribution in [0.1, 0.15) is 16.8 Å². The average molecular weight is 295 g/mol. The molecule has 0 atom stereocenters. The van der Waals surface area contributed by atoms with Gasteiger partial charge in [0.2, 0.25) is 0 Å². The van der Waals surface area contributed by atoms with Crippen molar-refractivity contribution in [3.05, 3.63) is 70.3 Å². The Morgan fingerprint density at radius 1 is 1.14 bits per heavy atom. The molecule has 0 saturated heterocycles. The maximum Gasteiger partial charge on any atom is 0.269 e. The zero-order valence-corrected chi connectivity index (χ0v) is 11.7. The minimum atomic E-state index is -0.515. The van der Waals surface area contributed by atoms with Crippen molar-refractivity contribution in [1.29, 1.82) is 5.26 Å². The lowest BCUT2D eigenvalue weighted by molar-refractivity contribution is -0.384. The largest absolute Gasteiger partial charge is 0.307 e. The van der Waals surface area contributed by atoms with Gasteiger partial charge in [-0.25, -0.2) is 0 Å². The molecule has 0 bridgehead atoms. The van der Waals surface area contributed by atoms with E-state index in [4.69, 9.17) is 5.26 Å². The van der Waals surface area contributed by atoms with Gasteiger partial charge >= 0.3 is 0 Å². The molecule has 1 amide bonds. The molecule has 0 fully saturated rings. The highest BCUT2D eigenvalue weighted by atomic mass is 16.6. The number of para-hydroxylation sites is 1. The quantitative estimate of drug-likeness (QED) is 0.626. The first-order valence-electron chi connectivity index (χ1n) is 6.62. The van der Waals surface area contributed by atoms with Crippen LogP contribution in [0.25, 0.3) is 0 Å². The summed E-state index contributed by atoms with van der Waals surface area (Å²) < 4.78 is 0. The Balaban J connectivity index is 2.29. The summed E-state index contributed by atoms with van der Waals surface area (Å²) in [7, 11) is 0.